The molecule has 0 spiro atoms. The maximum Gasteiger partial charge on any atom is 0.328 e. The van der Waals surface area contributed by atoms with E-state index in [-0.39, 0.29) is 0 Å². The molecule has 0 amide bonds. The van der Waals surface area contributed by atoms with Crippen molar-refractivity contribution in [3.63, 3.8) is 0 Å². The number of carbonyl (C=O) groups is 2. The van der Waals surface area contributed by atoms with Gasteiger partial charge < -0.3 is 10.2 Å². The van der Waals surface area contributed by atoms with Crippen LogP contribution in [0, 0.1) is 12.3 Å². The highest BCUT2D eigenvalue weighted by Gasteiger charge is 2.16. The Hall–Kier alpha value is -2.62. The second kappa shape index (κ2) is 12.1. The zero-order chi connectivity index (χ0) is 21.1. The van der Waals surface area contributed by atoms with Crippen molar-refractivity contribution in [2.24, 2.45) is 0 Å². The fourth-order valence-electron chi connectivity index (χ4n) is 3.70. The van der Waals surface area contributed by atoms with E-state index in [9.17, 15) is 9.59 Å². The minimum absolute atomic E-state index is 0.558. The van der Waals surface area contributed by atoms with Gasteiger partial charge in [0.05, 0.1) is 6.54 Å². The molecule has 0 aromatic heterocycles. The normalized spacial score (nSPS) is 17.5. The van der Waals surface area contributed by atoms with Gasteiger partial charge in [0, 0.05) is 44.9 Å². The molecule has 0 saturated carbocycles. The molecule has 29 heavy (non-hydrogen) atoms. The minimum Gasteiger partial charge on any atom is -0.478 e. The monoisotopic (exact) mass is 398 g/mol. The summed E-state index contributed by atoms with van der Waals surface area (Å²) in [6.45, 7) is 6.38. The lowest BCUT2D eigenvalue weighted by molar-refractivity contribution is -0.134. The molecular weight excluding hydrogens is 368 g/mol. The number of rotatable bonds is 5. The number of hydrogen-bond donors (Lipinski definition) is 2. The summed E-state index contributed by atoms with van der Waals surface area (Å²) in [5, 5.41) is 15.6. The Morgan fingerprint density at radius 1 is 0.931 bits per heavy atom. The number of benzene rings is 1. The molecule has 1 saturated heterocycles. The molecule has 1 heterocycles. The highest BCUT2D eigenvalue weighted by atomic mass is 16.4. The van der Waals surface area contributed by atoms with E-state index in [1.807, 2.05) is 0 Å². The predicted octanol–water partition coefficient (Wildman–Crippen LogP) is 2.42. The Labute approximate surface area is 172 Å². The van der Waals surface area contributed by atoms with Crippen molar-refractivity contribution in [1.29, 1.82) is 0 Å². The summed E-state index contributed by atoms with van der Waals surface area (Å²) in [6, 6.07) is 7.19. The lowest BCUT2D eigenvalue weighted by Gasteiger charge is -2.33. The zero-order valence-electron chi connectivity index (χ0n) is 16.8. The maximum atomic E-state index is 9.55. The molecule has 1 aromatic carbocycles. The summed E-state index contributed by atoms with van der Waals surface area (Å²) in [6.07, 6.45) is 13.2. The molecular formula is C23H30N2O4. The van der Waals surface area contributed by atoms with Crippen LogP contribution in [-0.2, 0) is 29.0 Å². The van der Waals surface area contributed by atoms with Gasteiger partial charge in [-0.05, 0) is 42.4 Å². The van der Waals surface area contributed by atoms with Gasteiger partial charge in [-0.15, -0.1) is 6.42 Å². The number of hydrogen-bond acceptors (Lipinski definition) is 4. The van der Waals surface area contributed by atoms with Crippen LogP contribution in [0.25, 0.3) is 0 Å². The van der Waals surface area contributed by atoms with Crippen LogP contribution in [0.4, 0.5) is 0 Å². The lowest BCUT2D eigenvalue weighted by atomic mass is 10.00. The van der Waals surface area contributed by atoms with Gasteiger partial charge in [0.15, 0.2) is 0 Å². The van der Waals surface area contributed by atoms with Crippen molar-refractivity contribution in [3.8, 4) is 12.3 Å². The molecule has 0 atom stereocenters. The van der Waals surface area contributed by atoms with Gasteiger partial charge in [-0.2, -0.15) is 0 Å². The summed E-state index contributed by atoms with van der Waals surface area (Å²) in [5.41, 5.74) is 4.69. The largest absolute Gasteiger partial charge is 0.478 e. The highest BCUT2D eigenvalue weighted by Crippen LogP contribution is 2.22. The van der Waals surface area contributed by atoms with E-state index in [2.05, 4.69) is 33.9 Å². The van der Waals surface area contributed by atoms with Gasteiger partial charge in [-0.1, -0.05) is 30.5 Å². The van der Waals surface area contributed by atoms with E-state index in [0.29, 0.717) is 12.2 Å². The summed E-state index contributed by atoms with van der Waals surface area (Å²) < 4.78 is 0. The molecule has 2 aliphatic rings. The average Bonchev–Trinajstić information content (AvgIpc) is 2.94. The molecule has 1 fully saturated rings. The first-order valence-corrected chi connectivity index (χ1v) is 10.1. The maximum absolute atomic E-state index is 9.55. The van der Waals surface area contributed by atoms with Gasteiger partial charge in [-0.3, -0.25) is 9.80 Å². The number of piperazine rings is 1. The first kappa shape index (κ1) is 22.7. The molecule has 6 heteroatoms. The Kier molecular flexibility index (Phi) is 9.42. The van der Waals surface area contributed by atoms with Crippen LogP contribution in [0.1, 0.15) is 36.0 Å². The van der Waals surface area contributed by atoms with E-state index in [1.165, 1.54) is 37.7 Å². The Balaban J connectivity index is 0.000000321. The van der Waals surface area contributed by atoms with Gasteiger partial charge >= 0.3 is 11.9 Å². The first-order valence-electron chi connectivity index (χ1n) is 10.1. The van der Waals surface area contributed by atoms with Crippen LogP contribution in [0.2, 0.25) is 0 Å². The first-order chi connectivity index (χ1) is 14.0. The number of aryl methyl sites for hydroxylation is 2. The molecule has 1 aliphatic carbocycles. The third-order valence-electron chi connectivity index (χ3n) is 5.22. The molecule has 0 radical (unpaired) electrons. The quantitative estimate of drug-likeness (QED) is 0.450. The van der Waals surface area contributed by atoms with Gasteiger partial charge in [0.2, 0.25) is 0 Å². The van der Waals surface area contributed by atoms with Crippen LogP contribution in [0.3, 0.4) is 0 Å². The molecule has 2 N–H and O–H groups in total. The van der Waals surface area contributed by atoms with Crippen LogP contribution in [0.5, 0.6) is 0 Å². The zero-order valence-corrected chi connectivity index (χ0v) is 16.8. The SMILES string of the molecule is C#CCN1CCN(Cc2ccc3c(c2)CCCCC3)CC1.O=C(O)/C=C\C(=O)O. The number of terminal acetylenes is 1. The fourth-order valence-corrected chi connectivity index (χ4v) is 3.70. The van der Waals surface area contributed by atoms with Crippen LogP contribution in [-0.4, -0.2) is 64.7 Å². The summed E-state index contributed by atoms with van der Waals surface area (Å²) in [5.74, 6) is 0.235. The van der Waals surface area contributed by atoms with Gasteiger partial charge in [-0.25, -0.2) is 9.59 Å². The third kappa shape index (κ3) is 8.51. The lowest BCUT2D eigenvalue weighted by Crippen LogP contribution is -2.45. The summed E-state index contributed by atoms with van der Waals surface area (Å²) >= 11 is 0. The second-order valence-corrected chi connectivity index (χ2v) is 7.43. The number of aliphatic carboxylic acids is 2. The van der Waals surface area contributed by atoms with Crippen LogP contribution < -0.4 is 0 Å². The molecule has 0 unspecified atom stereocenters. The predicted molar refractivity (Wildman–Crippen MR) is 113 cm³/mol. The van der Waals surface area contributed by atoms with E-state index >= 15 is 0 Å². The smallest absolute Gasteiger partial charge is 0.328 e. The van der Waals surface area contributed by atoms with Crippen LogP contribution >= 0.6 is 0 Å². The van der Waals surface area contributed by atoms with Crippen molar-refractivity contribution >= 4 is 11.9 Å². The molecule has 0 bridgehead atoms. The minimum atomic E-state index is -1.26. The molecule has 1 aliphatic heterocycles. The molecule has 1 aromatic rings. The fraction of sp³-hybridized carbons (Fsp3) is 0.478. The number of fused-ring (bicyclic) bond motifs is 1. The number of carboxylic acid groups (broad SMARTS) is 2. The molecule has 6 nitrogen and oxygen atoms in total. The van der Waals surface area contributed by atoms with Crippen LogP contribution in [0.15, 0.2) is 30.4 Å². The van der Waals surface area contributed by atoms with Crippen molar-refractivity contribution in [3.05, 3.63) is 47.0 Å². The molecule has 3 rings (SSSR count). The van der Waals surface area contributed by atoms with Gasteiger partial charge in [0.1, 0.15) is 0 Å². The number of carboxylic acids is 2. The van der Waals surface area contributed by atoms with Crippen molar-refractivity contribution in [2.75, 3.05) is 32.7 Å². The Morgan fingerprint density at radius 3 is 2.10 bits per heavy atom. The topological polar surface area (TPSA) is 81.1 Å². The van der Waals surface area contributed by atoms with E-state index < -0.39 is 11.9 Å². The third-order valence-corrected chi connectivity index (χ3v) is 5.22. The summed E-state index contributed by atoms with van der Waals surface area (Å²) in [4.78, 5) is 24.0. The second-order valence-electron chi connectivity index (χ2n) is 7.43. The molecule has 156 valence electrons. The van der Waals surface area contributed by atoms with Crippen molar-refractivity contribution in [2.45, 2.75) is 38.6 Å². The van der Waals surface area contributed by atoms with E-state index in [4.69, 9.17) is 16.6 Å². The van der Waals surface area contributed by atoms with Crippen molar-refractivity contribution < 1.29 is 19.8 Å². The standard InChI is InChI=1S/C19H26N2.C4H4O4/c1-2-10-20-11-13-21(14-12-20)16-17-8-9-18-6-4-3-5-7-19(18)15-17;5-3(6)1-2-4(7)8/h1,8-9,15H,3-7,10-14,16H2;1-2H,(H,5,6)(H,7,8)/b;2-1-. The highest BCUT2D eigenvalue weighted by molar-refractivity contribution is 5.89. The number of nitrogens with zero attached hydrogens (tertiary/aromatic N) is 2. The van der Waals surface area contributed by atoms with E-state index in [1.54, 1.807) is 11.1 Å². The average molecular weight is 399 g/mol. The Morgan fingerprint density at radius 2 is 1.52 bits per heavy atom. The Bertz CT molecular complexity index is 743. The van der Waals surface area contributed by atoms with E-state index in [0.717, 1.165) is 39.3 Å². The summed E-state index contributed by atoms with van der Waals surface area (Å²) in [7, 11) is 0. The van der Waals surface area contributed by atoms with Gasteiger partial charge in [0.25, 0.3) is 0 Å². The van der Waals surface area contributed by atoms with Crippen molar-refractivity contribution in [1.82, 2.24) is 9.80 Å².